The van der Waals surface area contributed by atoms with Gasteiger partial charge in [0.2, 0.25) is 10.0 Å². The lowest BCUT2D eigenvalue weighted by Gasteiger charge is -2.15. The second-order valence-corrected chi connectivity index (χ2v) is 7.36. The molecule has 0 aliphatic heterocycles. The molecule has 1 aromatic carbocycles. The summed E-state index contributed by atoms with van der Waals surface area (Å²) in [6.07, 6.45) is 1.90. The minimum absolute atomic E-state index is 0.00624. The summed E-state index contributed by atoms with van der Waals surface area (Å²) in [5, 5.41) is 9.19. The van der Waals surface area contributed by atoms with Gasteiger partial charge in [-0.25, -0.2) is 17.5 Å². The molecule has 126 valence electrons. The van der Waals surface area contributed by atoms with Crippen LogP contribution in [-0.2, 0) is 16.4 Å². The van der Waals surface area contributed by atoms with Crippen molar-refractivity contribution in [2.75, 3.05) is 13.2 Å². The Balaban J connectivity index is 2.10. The van der Waals surface area contributed by atoms with Gasteiger partial charge in [0, 0.05) is 25.5 Å². The number of hydrogen-bond acceptors (Lipinski definition) is 4. The first kappa shape index (κ1) is 17.9. The number of nitrogens with one attached hydrogen (secondary N) is 1. The number of aryl methyl sites for hydroxylation is 1. The Morgan fingerprint density at radius 2 is 2.17 bits per heavy atom. The molecule has 8 heteroatoms. The van der Waals surface area contributed by atoms with Crippen LogP contribution < -0.4 is 4.72 Å². The number of halogens is 2. The van der Waals surface area contributed by atoms with Gasteiger partial charge in [0.1, 0.15) is 16.5 Å². The zero-order chi connectivity index (χ0) is 17.0. The average Bonchev–Trinajstić information content (AvgIpc) is 3.00. The van der Waals surface area contributed by atoms with Gasteiger partial charge >= 0.3 is 0 Å². The molecule has 0 radical (unpaired) electrons. The summed E-state index contributed by atoms with van der Waals surface area (Å²) in [5.41, 5.74) is 0.184. The highest BCUT2D eigenvalue weighted by atomic mass is 35.5. The normalized spacial score (nSPS) is 13.2. The van der Waals surface area contributed by atoms with Gasteiger partial charge in [-0.05, 0) is 36.8 Å². The van der Waals surface area contributed by atoms with Crippen LogP contribution in [0.2, 0.25) is 5.02 Å². The second kappa shape index (κ2) is 7.44. The van der Waals surface area contributed by atoms with E-state index in [0.717, 1.165) is 6.07 Å². The molecular weight excluding hydrogens is 345 g/mol. The highest BCUT2D eigenvalue weighted by molar-refractivity contribution is 7.89. The van der Waals surface area contributed by atoms with Crippen LogP contribution in [0.5, 0.6) is 0 Å². The van der Waals surface area contributed by atoms with Crippen molar-refractivity contribution in [1.82, 2.24) is 4.72 Å². The summed E-state index contributed by atoms with van der Waals surface area (Å²) in [6.45, 7) is 1.25. The molecule has 0 aliphatic carbocycles. The Labute approximate surface area is 139 Å². The monoisotopic (exact) mass is 361 g/mol. The van der Waals surface area contributed by atoms with Crippen LogP contribution in [0.15, 0.2) is 39.8 Å². The maximum Gasteiger partial charge on any atom is 0.242 e. The van der Waals surface area contributed by atoms with Crippen molar-refractivity contribution in [2.45, 2.75) is 18.2 Å². The topological polar surface area (TPSA) is 79.5 Å². The summed E-state index contributed by atoms with van der Waals surface area (Å²) >= 11 is 5.83. The van der Waals surface area contributed by atoms with E-state index in [1.54, 1.807) is 12.1 Å². The van der Waals surface area contributed by atoms with Crippen LogP contribution in [-0.4, -0.2) is 26.7 Å². The van der Waals surface area contributed by atoms with Crippen LogP contribution in [0.3, 0.4) is 0 Å². The molecule has 2 aromatic rings. The molecule has 23 heavy (non-hydrogen) atoms. The lowest BCUT2D eigenvalue weighted by Crippen LogP contribution is -2.32. The summed E-state index contributed by atoms with van der Waals surface area (Å²) in [6, 6.07) is 5.62. The molecule has 0 fully saturated rings. The van der Waals surface area contributed by atoms with Gasteiger partial charge in [-0.1, -0.05) is 11.6 Å². The van der Waals surface area contributed by atoms with E-state index in [-0.39, 0.29) is 34.6 Å². The molecule has 0 bridgehead atoms. The molecule has 5 nitrogen and oxygen atoms in total. The largest absolute Gasteiger partial charge is 0.469 e. The molecule has 0 spiro atoms. The summed E-state index contributed by atoms with van der Waals surface area (Å²) < 4.78 is 45.6. The van der Waals surface area contributed by atoms with Crippen LogP contribution in [0, 0.1) is 18.7 Å². The molecule has 1 unspecified atom stereocenters. The molecule has 2 N–H and O–H groups in total. The lowest BCUT2D eigenvalue weighted by molar-refractivity contribution is 0.221. The fourth-order valence-corrected chi connectivity index (χ4v) is 3.77. The zero-order valence-corrected chi connectivity index (χ0v) is 14.0. The van der Waals surface area contributed by atoms with Gasteiger partial charge in [-0.2, -0.15) is 0 Å². The lowest BCUT2D eigenvalue weighted by atomic mass is 10.1. The van der Waals surface area contributed by atoms with E-state index in [0.29, 0.717) is 12.2 Å². The van der Waals surface area contributed by atoms with E-state index >= 15 is 0 Å². The molecule has 1 atom stereocenters. The molecule has 0 amide bonds. The Morgan fingerprint density at radius 1 is 1.43 bits per heavy atom. The number of rotatable bonds is 7. The fourth-order valence-electron chi connectivity index (χ4n) is 2.06. The summed E-state index contributed by atoms with van der Waals surface area (Å²) in [5.74, 6) is -0.268. The maximum atomic E-state index is 13.4. The summed E-state index contributed by atoms with van der Waals surface area (Å²) in [4.78, 5) is -0.187. The number of furan rings is 1. The van der Waals surface area contributed by atoms with Gasteiger partial charge in [-0.15, -0.1) is 0 Å². The van der Waals surface area contributed by atoms with E-state index in [1.165, 1.54) is 19.3 Å². The van der Waals surface area contributed by atoms with Crippen molar-refractivity contribution >= 4 is 21.6 Å². The van der Waals surface area contributed by atoms with Gasteiger partial charge in [-0.3, -0.25) is 0 Å². The minimum atomic E-state index is -3.90. The van der Waals surface area contributed by atoms with Crippen molar-refractivity contribution in [3.63, 3.8) is 0 Å². The third-order valence-electron chi connectivity index (χ3n) is 3.39. The Bertz CT molecular complexity index is 762. The number of sulfonamides is 1. The van der Waals surface area contributed by atoms with Crippen molar-refractivity contribution in [3.05, 3.63) is 52.7 Å². The third-order valence-corrected chi connectivity index (χ3v) is 5.28. The number of aliphatic hydroxyl groups excluding tert-OH is 1. The van der Waals surface area contributed by atoms with Gasteiger partial charge in [0.05, 0.1) is 11.3 Å². The third kappa shape index (κ3) is 4.54. The van der Waals surface area contributed by atoms with E-state index in [1.807, 2.05) is 0 Å². The van der Waals surface area contributed by atoms with Crippen molar-refractivity contribution < 1.29 is 22.3 Å². The predicted octanol–water partition coefficient (Wildman–Crippen LogP) is 2.51. The van der Waals surface area contributed by atoms with Crippen LogP contribution in [0.4, 0.5) is 4.39 Å². The molecule has 1 heterocycles. The summed E-state index contributed by atoms with van der Waals surface area (Å²) in [7, 11) is -3.90. The first-order valence-corrected chi connectivity index (χ1v) is 8.78. The molecule has 2 rings (SSSR count). The maximum absolute atomic E-state index is 13.4. The molecule has 0 aliphatic rings. The van der Waals surface area contributed by atoms with E-state index in [4.69, 9.17) is 16.0 Å². The van der Waals surface area contributed by atoms with Crippen molar-refractivity contribution in [3.8, 4) is 0 Å². The molecule has 1 aromatic heterocycles. The quantitative estimate of drug-likeness (QED) is 0.794. The Kier molecular flexibility index (Phi) is 5.80. The van der Waals surface area contributed by atoms with Crippen LogP contribution in [0.1, 0.15) is 11.3 Å². The Hall–Kier alpha value is -1.41. The van der Waals surface area contributed by atoms with Gasteiger partial charge in [0.15, 0.2) is 0 Å². The average molecular weight is 362 g/mol. The van der Waals surface area contributed by atoms with E-state index in [9.17, 15) is 17.9 Å². The number of benzene rings is 1. The molecule has 0 saturated carbocycles. The van der Waals surface area contributed by atoms with Crippen LogP contribution in [0.25, 0.3) is 0 Å². The van der Waals surface area contributed by atoms with E-state index < -0.39 is 15.8 Å². The first-order chi connectivity index (χ1) is 10.8. The molecule has 0 saturated heterocycles. The number of aliphatic hydroxyl groups is 1. The predicted molar refractivity (Wildman–Crippen MR) is 84.3 cm³/mol. The second-order valence-electron chi connectivity index (χ2n) is 5.22. The highest BCUT2D eigenvalue weighted by Crippen LogP contribution is 2.24. The minimum Gasteiger partial charge on any atom is -0.469 e. The van der Waals surface area contributed by atoms with Crippen molar-refractivity contribution in [1.29, 1.82) is 0 Å². The van der Waals surface area contributed by atoms with Crippen LogP contribution >= 0.6 is 11.6 Å². The fraction of sp³-hybridized carbons (Fsp3) is 0.333. The molecular formula is C15H17ClFNO4S. The number of hydrogen-bond donors (Lipinski definition) is 2. The van der Waals surface area contributed by atoms with E-state index in [2.05, 4.69) is 4.72 Å². The first-order valence-electron chi connectivity index (χ1n) is 6.92. The highest BCUT2D eigenvalue weighted by Gasteiger charge is 2.21. The van der Waals surface area contributed by atoms with Crippen molar-refractivity contribution in [2.24, 2.45) is 5.92 Å². The Morgan fingerprint density at radius 3 is 2.78 bits per heavy atom. The van der Waals surface area contributed by atoms with Gasteiger partial charge in [0.25, 0.3) is 0 Å². The zero-order valence-electron chi connectivity index (χ0n) is 12.4. The smallest absolute Gasteiger partial charge is 0.242 e. The SMILES string of the molecule is Cc1cc(S(=O)(=O)NCC(CO)Cc2ccco2)c(Cl)cc1F. The van der Waals surface area contributed by atoms with Gasteiger partial charge < -0.3 is 9.52 Å². The standard InChI is InChI=1S/C15H17ClFNO4S/c1-10-5-15(13(16)7-14(10)17)23(20,21)18-8-11(9-19)6-12-3-2-4-22-12/h2-5,7,11,18-19H,6,8-9H2,1H3.